The van der Waals surface area contributed by atoms with E-state index in [1.54, 1.807) is 0 Å². The Morgan fingerprint density at radius 3 is 1.06 bits per heavy atom. The second-order valence-corrected chi connectivity index (χ2v) is 18.0. The van der Waals surface area contributed by atoms with E-state index in [2.05, 4.69) is 245 Å². The Hall–Kier alpha value is -6.90. The molecule has 0 N–H and O–H groups in total. The zero-order valence-corrected chi connectivity index (χ0v) is 38.4. The summed E-state index contributed by atoms with van der Waals surface area (Å²) in [5, 5.41) is 4.91. The van der Waals surface area contributed by atoms with Crippen LogP contribution in [0.4, 0.5) is 34.1 Å². The third-order valence-corrected chi connectivity index (χ3v) is 12.7. The summed E-state index contributed by atoms with van der Waals surface area (Å²) in [6, 6.07) is 72.9. The number of hydrogen-bond donors (Lipinski definition) is 0. The standard InChI is InChI=1S/C62H60N2/c1-7-19-45-21-15-29-51(37-45)63(53-31-17-27-49(39-53)43(3)4)55-33-35-57-59(41-55)61(47-23-11-9-12-24-47)58-36-34-56(42-60(58)62(57)48-25-13-10-14-26-48)64(52-30-16-22-46(38-52)20-8-2)54-32-18-28-50(40-54)44(5)6/h9-18,21-44H,7-8,19-20H2,1-6H3. The van der Waals surface area contributed by atoms with Crippen LogP contribution in [0.1, 0.15) is 88.5 Å². The van der Waals surface area contributed by atoms with Crippen LogP contribution in [0.2, 0.25) is 0 Å². The molecule has 0 fully saturated rings. The summed E-state index contributed by atoms with van der Waals surface area (Å²) in [6.07, 6.45) is 4.30. The van der Waals surface area contributed by atoms with Crippen molar-refractivity contribution in [3.8, 4) is 22.3 Å². The van der Waals surface area contributed by atoms with Gasteiger partial charge in [0.2, 0.25) is 0 Å². The van der Waals surface area contributed by atoms with E-state index in [-0.39, 0.29) is 0 Å². The second kappa shape index (κ2) is 18.8. The topological polar surface area (TPSA) is 6.48 Å². The van der Waals surface area contributed by atoms with Gasteiger partial charge < -0.3 is 9.80 Å². The summed E-state index contributed by atoms with van der Waals surface area (Å²) < 4.78 is 0. The second-order valence-electron chi connectivity index (χ2n) is 18.0. The number of anilines is 6. The van der Waals surface area contributed by atoms with Crippen LogP contribution in [-0.4, -0.2) is 0 Å². The number of benzene rings is 9. The summed E-state index contributed by atoms with van der Waals surface area (Å²) >= 11 is 0. The van der Waals surface area contributed by atoms with Gasteiger partial charge in [-0.25, -0.2) is 0 Å². The Balaban J connectivity index is 1.35. The summed E-state index contributed by atoms with van der Waals surface area (Å²) in [4.78, 5) is 4.93. The average Bonchev–Trinajstić information content (AvgIpc) is 3.32. The molecule has 318 valence electrons. The molecule has 2 nitrogen and oxygen atoms in total. The Labute approximate surface area is 381 Å². The van der Waals surface area contributed by atoms with Crippen molar-refractivity contribution < 1.29 is 0 Å². The molecule has 0 unspecified atom stereocenters. The van der Waals surface area contributed by atoms with Crippen molar-refractivity contribution in [3.05, 3.63) is 216 Å². The molecule has 64 heavy (non-hydrogen) atoms. The van der Waals surface area contributed by atoms with Gasteiger partial charge in [-0.15, -0.1) is 0 Å². The highest BCUT2D eigenvalue weighted by atomic mass is 15.1. The third-order valence-electron chi connectivity index (χ3n) is 12.7. The molecule has 0 aromatic heterocycles. The maximum absolute atomic E-state index is 2.46. The van der Waals surface area contributed by atoms with Crippen molar-refractivity contribution in [2.45, 2.75) is 79.1 Å². The Morgan fingerprint density at radius 1 is 0.328 bits per heavy atom. The molecule has 9 aromatic rings. The Kier molecular flexibility index (Phi) is 12.5. The van der Waals surface area contributed by atoms with E-state index in [1.807, 2.05) is 0 Å². The number of nitrogens with zero attached hydrogens (tertiary/aromatic N) is 2. The van der Waals surface area contributed by atoms with E-state index in [0.29, 0.717) is 11.8 Å². The van der Waals surface area contributed by atoms with Crippen LogP contribution in [0, 0.1) is 0 Å². The first-order valence-electron chi connectivity index (χ1n) is 23.4. The lowest BCUT2D eigenvalue weighted by atomic mass is 9.85. The highest BCUT2D eigenvalue weighted by Gasteiger charge is 2.23. The molecule has 0 aliphatic rings. The van der Waals surface area contributed by atoms with E-state index in [4.69, 9.17) is 0 Å². The van der Waals surface area contributed by atoms with Crippen molar-refractivity contribution in [3.63, 3.8) is 0 Å². The third kappa shape index (κ3) is 8.58. The molecule has 0 aliphatic carbocycles. The molecular formula is C62H60N2. The Bertz CT molecular complexity index is 2830. The summed E-state index contributed by atoms with van der Waals surface area (Å²) in [5.74, 6) is 0.823. The van der Waals surface area contributed by atoms with Crippen molar-refractivity contribution in [2.24, 2.45) is 0 Å². The van der Waals surface area contributed by atoms with Crippen LogP contribution in [-0.2, 0) is 12.8 Å². The van der Waals surface area contributed by atoms with Gasteiger partial charge in [-0.05, 0) is 164 Å². The van der Waals surface area contributed by atoms with Crippen LogP contribution >= 0.6 is 0 Å². The molecule has 0 aliphatic heterocycles. The largest absolute Gasteiger partial charge is 0.310 e. The van der Waals surface area contributed by atoms with Crippen molar-refractivity contribution >= 4 is 55.7 Å². The highest BCUT2D eigenvalue weighted by Crippen LogP contribution is 2.48. The molecule has 0 radical (unpaired) electrons. The average molecular weight is 833 g/mol. The number of aryl methyl sites for hydroxylation is 2. The number of rotatable bonds is 14. The van der Waals surface area contributed by atoms with Crippen molar-refractivity contribution in [2.75, 3.05) is 9.80 Å². The first-order valence-corrected chi connectivity index (χ1v) is 23.4. The molecule has 0 saturated carbocycles. The van der Waals surface area contributed by atoms with Crippen molar-refractivity contribution in [1.82, 2.24) is 0 Å². The van der Waals surface area contributed by atoms with Gasteiger partial charge in [-0.2, -0.15) is 0 Å². The normalized spacial score (nSPS) is 11.5. The zero-order chi connectivity index (χ0) is 44.2. The lowest BCUT2D eigenvalue weighted by Gasteiger charge is -2.29. The molecule has 0 saturated heterocycles. The van der Waals surface area contributed by atoms with Gasteiger partial charge in [0.15, 0.2) is 0 Å². The molecule has 2 heteroatoms. The summed E-state index contributed by atoms with van der Waals surface area (Å²) in [7, 11) is 0. The molecule has 0 spiro atoms. The maximum Gasteiger partial charge on any atom is 0.0468 e. The smallest absolute Gasteiger partial charge is 0.0468 e. The lowest BCUT2D eigenvalue weighted by molar-refractivity contribution is 0.866. The molecule has 9 rings (SSSR count). The van der Waals surface area contributed by atoms with E-state index in [0.717, 1.165) is 37.1 Å². The predicted octanol–water partition coefficient (Wildman–Crippen LogP) is 18.4. The lowest BCUT2D eigenvalue weighted by Crippen LogP contribution is -2.11. The minimum atomic E-state index is 0.412. The molecule has 0 heterocycles. The first kappa shape index (κ1) is 42.4. The van der Waals surface area contributed by atoms with Gasteiger partial charge in [0.1, 0.15) is 0 Å². The number of fused-ring (bicyclic) bond motifs is 2. The van der Waals surface area contributed by atoms with Gasteiger partial charge in [-0.1, -0.05) is 176 Å². The van der Waals surface area contributed by atoms with Crippen molar-refractivity contribution in [1.29, 1.82) is 0 Å². The van der Waals surface area contributed by atoms with Gasteiger partial charge >= 0.3 is 0 Å². The molecule has 0 atom stereocenters. The van der Waals surface area contributed by atoms with E-state index < -0.39 is 0 Å². The predicted molar refractivity (Wildman–Crippen MR) is 278 cm³/mol. The van der Waals surface area contributed by atoms with Gasteiger partial charge in [0.05, 0.1) is 0 Å². The van der Waals surface area contributed by atoms with Crippen LogP contribution in [0.3, 0.4) is 0 Å². The summed E-state index contributed by atoms with van der Waals surface area (Å²) in [5.41, 5.74) is 17.2. The fourth-order valence-corrected chi connectivity index (χ4v) is 9.53. The SMILES string of the molecule is CCCc1cccc(N(c2cccc(C(C)C)c2)c2ccc3c(-c4ccccc4)c4cc(N(c5cccc(CCC)c5)c5cccc(C(C)C)c5)ccc4c(-c4ccccc4)c3c2)c1. The molecule has 0 amide bonds. The highest BCUT2D eigenvalue weighted by molar-refractivity contribution is 6.22. The fraction of sp³-hybridized carbons (Fsp3) is 0.194. The molecular weight excluding hydrogens is 773 g/mol. The Morgan fingerprint density at radius 2 is 0.688 bits per heavy atom. The summed E-state index contributed by atoms with van der Waals surface area (Å²) in [6.45, 7) is 13.6. The monoisotopic (exact) mass is 832 g/mol. The van der Waals surface area contributed by atoms with E-state index in [1.165, 1.54) is 88.8 Å². The number of hydrogen-bond acceptors (Lipinski definition) is 2. The zero-order valence-electron chi connectivity index (χ0n) is 38.4. The quantitative estimate of drug-likeness (QED) is 0.101. The van der Waals surface area contributed by atoms with E-state index >= 15 is 0 Å². The van der Waals surface area contributed by atoms with Gasteiger partial charge in [-0.3, -0.25) is 0 Å². The maximum atomic E-state index is 2.46. The van der Waals surface area contributed by atoms with Gasteiger partial charge in [0.25, 0.3) is 0 Å². The first-order chi connectivity index (χ1) is 31.3. The fourth-order valence-electron chi connectivity index (χ4n) is 9.53. The van der Waals surface area contributed by atoms with Crippen LogP contribution in [0.15, 0.2) is 194 Å². The minimum absolute atomic E-state index is 0.412. The van der Waals surface area contributed by atoms with Gasteiger partial charge in [0, 0.05) is 34.1 Å². The van der Waals surface area contributed by atoms with Crippen LogP contribution < -0.4 is 9.80 Å². The molecule has 9 aromatic carbocycles. The van der Waals surface area contributed by atoms with Crippen LogP contribution in [0.5, 0.6) is 0 Å². The van der Waals surface area contributed by atoms with Crippen LogP contribution in [0.25, 0.3) is 43.8 Å². The molecule has 0 bridgehead atoms. The minimum Gasteiger partial charge on any atom is -0.310 e. The van der Waals surface area contributed by atoms with E-state index in [9.17, 15) is 0 Å².